The second kappa shape index (κ2) is 8.09. The first-order valence-corrected chi connectivity index (χ1v) is 10.0. The van der Waals surface area contributed by atoms with Gasteiger partial charge in [0.25, 0.3) is 5.91 Å². The van der Waals surface area contributed by atoms with Gasteiger partial charge >= 0.3 is 0 Å². The molecule has 0 saturated heterocycles. The summed E-state index contributed by atoms with van der Waals surface area (Å²) in [6.07, 6.45) is 0. The number of carbonyl (C=O) groups excluding carboxylic acids is 1. The molecule has 1 amide bonds. The Morgan fingerprint density at radius 3 is 2.31 bits per heavy atom. The number of anilines is 1. The lowest BCUT2D eigenvalue weighted by molar-refractivity contribution is 0.0910. The molecule has 1 atom stereocenters. The Morgan fingerprint density at radius 2 is 1.72 bits per heavy atom. The number of nitrogens with two attached hydrogens (primary N) is 1. The second-order valence-electron chi connectivity index (χ2n) is 8.10. The van der Waals surface area contributed by atoms with E-state index in [2.05, 4.69) is 31.2 Å². The van der Waals surface area contributed by atoms with Crippen LogP contribution in [0.25, 0.3) is 16.9 Å². The molecule has 0 unspecified atom stereocenters. The van der Waals surface area contributed by atoms with Crippen LogP contribution in [-0.4, -0.2) is 21.7 Å². The Balaban J connectivity index is 1.82. The molecule has 3 rings (SSSR count). The monoisotopic (exact) mass is 430 g/mol. The van der Waals surface area contributed by atoms with Crippen molar-refractivity contribution in [3.05, 3.63) is 64.1 Å². The molecule has 0 radical (unpaired) electrons. The van der Waals surface area contributed by atoms with Crippen LogP contribution in [0, 0.1) is 5.41 Å². The number of hydrogen-bond acceptors (Lipinski definition) is 3. The highest BCUT2D eigenvalue weighted by atomic mass is 35.5. The van der Waals surface area contributed by atoms with Crippen LogP contribution in [0.15, 0.2) is 48.5 Å². The van der Waals surface area contributed by atoms with Gasteiger partial charge in [0.05, 0.1) is 21.4 Å². The number of nitrogens with one attached hydrogen (secondary N) is 1. The molecule has 2 aromatic carbocycles. The molecule has 0 saturated carbocycles. The highest BCUT2D eigenvalue weighted by Gasteiger charge is 2.22. The van der Waals surface area contributed by atoms with E-state index < -0.39 is 0 Å². The molecule has 3 N–H and O–H groups in total. The summed E-state index contributed by atoms with van der Waals surface area (Å²) in [7, 11) is 0. The molecule has 1 heterocycles. The molecule has 0 aliphatic heterocycles. The quantitative estimate of drug-likeness (QED) is 0.565. The maximum Gasteiger partial charge on any atom is 0.251 e. The molecule has 0 fully saturated rings. The lowest BCUT2D eigenvalue weighted by Crippen LogP contribution is -2.41. The zero-order valence-electron chi connectivity index (χ0n) is 16.8. The standard InChI is InChI=1S/C22H24Cl2N4O/c1-13(22(2,3)4)26-21(29)14-5-8-16(9-6-14)28-20(25)12-19(27-28)15-7-10-17(23)18(24)11-15/h5-13H,25H2,1-4H3,(H,26,29)/t13-/m1/s1. The van der Waals surface area contributed by atoms with Crippen molar-refractivity contribution in [3.63, 3.8) is 0 Å². The molecule has 0 bridgehead atoms. The topological polar surface area (TPSA) is 72.9 Å². The van der Waals surface area contributed by atoms with Gasteiger partial charge in [-0.3, -0.25) is 4.79 Å². The summed E-state index contributed by atoms with van der Waals surface area (Å²) in [5.74, 6) is 0.369. The van der Waals surface area contributed by atoms with Crippen LogP contribution in [0.3, 0.4) is 0 Å². The number of carbonyl (C=O) groups is 1. The van der Waals surface area contributed by atoms with E-state index in [1.54, 1.807) is 35.0 Å². The number of benzene rings is 2. The number of amides is 1. The van der Waals surface area contributed by atoms with Gasteiger partial charge in [-0.05, 0) is 48.7 Å². The van der Waals surface area contributed by atoms with Gasteiger partial charge in [-0.1, -0.05) is 50.0 Å². The van der Waals surface area contributed by atoms with Crippen LogP contribution in [0.2, 0.25) is 10.0 Å². The number of hydrogen-bond donors (Lipinski definition) is 2. The Bertz CT molecular complexity index is 1040. The Labute approximate surface area is 180 Å². The largest absolute Gasteiger partial charge is 0.384 e. The van der Waals surface area contributed by atoms with Crippen LogP contribution < -0.4 is 11.1 Å². The predicted octanol–water partition coefficient (Wildman–Crippen LogP) is 5.59. The summed E-state index contributed by atoms with van der Waals surface area (Å²) in [6.45, 7) is 8.27. The highest BCUT2D eigenvalue weighted by Crippen LogP contribution is 2.29. The maximum absolute atomic E-state index is 12.5. The van der Waals surface area contributed by atoms with Crippen molar-refractivity contribution >= 4 is 34.9 Å². The third-order valence-corrected chi connectivity index (χ3v) is 5.71. The van der Waals surface area contributed by atoms with Crippen LogP contribution >= 0.6 is 23.2 Å². The van der Waals surface area contributed by atoms with Gasteiger partial charge in [-0.15, -0.1) is 0 Å². The fourth-order valence-corrected chi connectivity index (χ4v) is 2.95. The van der Waals surface area contributed by atoms with Gasteiger partial charge in [-0.25, -0.2) is 4.68 Å². The first kappa shape index (κ1) is 21.2. The number of nitrogen functional groups attached to an aromatic ring is 1. The molecule has 3 aromatic rings. The molecule has 152 valence electrons. The summed E-state index contributed by atoms with van der Waals surface area (Å²) in [5.41, 5.74) is 8.98. The zero-order chi connectivity index (χ0) is 21.3. The van der Waals surface area contributed by atoms with E-state index in [0.29, 0.717) is 27.1 Å². The minimum atomic E-state index is -0.107. The average Bonchev–Trinajstić information content (AvgIpc) is 3.05. The van der Waals surface area contributed by atoms with Gasteiger partial charge in [0.15, 0.2) is 0 Å². The molecule has 0 spiro atoms. The average molecular weight is 431 g/mol. The molecule has 0 aliphatic carbocycles. The first-order valence-electron chi connectivity index (χ1n) is 9.28. The minimum Gasteiger partial charge on any atom is -0.384 e. The van der Waals surface area contributed by atoms with E-state index in [4.69, 9.17) is 28.9 Å². The summed E-state index contributed by atoms with van der Waals surface area (Å²) < 4.78 is 1.62. The van der Waals surface area contributed by atoms with Gasteiger partial charge in [0.2, 0.25) is 0 Å². The van der Waals surface area contributed by atoms with Crippen molar-refractivity contribution in [1.29, 1.82) is 0 Å². The smallest absolute Gasteiger partial charge is 0.251 e. The third-order valence-electron chi connectivity index (χ3n) is 4.97. The van der Waals surface area contributed by atoms with E-state index in [-0.39, 0.29) is 17.4 Å². The molecular weight excluding hydrogens is 407 g/mol. The fourth-order valence-electron chi connectivity index (χ4n) is 2.65. The van der Waals surface area contributed by atoms with Crippen molar-refractivity contribution in [2.75, 3.05) is 5.73 Å². The molecule has 0 aliphatic rings. The maximum atomic E-state index is 12.5. The van der Waals surface area contributed by atoms with Crippen LogP contribution in [0.4, 0.5) is 5.82 Å². The van der Waals surface area contributed by atoms with Gasteiger partial charge in [-0.2, -0.15) is 5.10 Å². The SMILES string of the molecule is C[C@@H](NC(=O)c1ccc(-n2nc(-c3ccc(Cl)c(Cl)c3)cc2N)cc1)C(C)(C)C. The summed E-state index contributed by atoms with van der Waals surface area (Å²) in [5, 5.41) is 8.54. The molecule has 5 nitrogen and oxygen atoms in total. The predicted molar refractivity (Wildman–Crippen MR) is 120 cm³/mol. The van der Waals surface area contributed by atoms with E-state index >= 15 is 0 Å². The second-order valence-corrected chi connectivity index (χ2v) is 8.92. The molecule has 7 heteroatoms. The molecular formula is C22H24Cl2N4O. The van der Waals surface area contributed by atoms with E-state index in [1.807, 2.05) is 25.1 Å². The number of nitrogens with zero attached hydrogens (tertiary/aromatic N) is 2. The zero-order valence-corrected chi connectivity index (χ0v) is 18.3. The van der Waals surface area contributed by atoms with Crippen molar-refractivity contribution in [3.8, 4) is 16.9 Å². The number of rotatable bonds is 4. The lowest BCUT2D eigenvalue weighted by Gasteiger charge is -2.28. The molecule has 29 heavy (non-hydrogen) atoms. The van der Waals surface area contributed by atoms with Crippen molar-refractivity contribution in [2.45, 2.75) is 33.7 Å². The highest BCUT2D eigenvalue weighted by molar-refractivity contribution is 6.42. The molecule has 1 aromatic heterocycles. The van der Waals surface area contributed by atoms with E-state index in [9.17, 15) is 4.79 Å². The Morgan fingerprint density at radius 1 is 1.07 bits per heavy atom. The lowest BCUT2D eigenvalue weighted by atomic mass is 9.88. The number of halogens is 2. The van der Waals surface area contributed by atoms with Crippen LogP contribution in [-0.2, 0) is 0 Å². The normalized spacial score (nSPS) is 12.6. The summed E-state index contributed by atoms with van der Waals surface area (Å²) >= 11 is 12.1. The van der Waals surface area contributed by atoms with E-state index in [1.165, 1.54) is 0 Å². The van der Waals surface area contributed by atoms with Crippen LogP contribution in [0.1, 0.15) is 38.1 Å². The van der Waals surface area contributed by atoms with Crippen LogP contribution in [0.5, 0.6) is 0 Å². The number of aromatic nitrogens is 2. The summed E-state index contributed by atoms with van der Waals surface area (Å²) in [4.78, 5) is 12.5. The fraction of sp³-hybridized carbons (Fsp3) is 0.273. The third kappa shape index (κ3) is 4.74. The van der Waals surface area contributed by atoms with Gasteiger partial charge in [0, 0.05) is 23.2 Å². The van der Waals surface area contributed by atoms with Crippen molar-refractivity contribution in [1.82, 2.24) is 15.1 Å². The Kier molecular flexibility index (Phi) is 5.92. The van der Waals surface area contributed by atoms with Crippen molar-refractivity contribution in [2.24, 2.45) is 5.41 Å². The van der Waals surface area contributed by atoms with Crippen molar-refractivity contribution < 1.29 is 4.79 Å². The summed E-state index contributed by atoms with van der Waals surface area (Å²) in [6, 6.07) is 14.3. The van der Waals surface area contributed by atoms with E-state index in [0.717, 1.165) is 11.3 Å². The van der Waals surface area contributed by atoms with Gasteiger partial charge < -0.3 is 11.1 Å². The minimum absolute atomic E-state index is 0.0138. The first-order chi connectivity index (χ1) is 13.6. The Hall–Kier alpha value is -2.50. The van der Waals surface area contributed by atoms with Gasteiger partial charge in [0.1, 0.15) is 5.82 Å².